The maximum absolute atomic E-state index is 13.5. The van der Waals surface area contributed by atoms with Crippen molar-refractivity contribution in [3.63, 3.8) is 0 Å². The summed E-state index contributed by atoms with van der Waals surface area (Å²) in [6.07, 6.45) is 1.56. The van der Waals surface area contributed by atoms with E-state index in [4.69, 9.17) is 4.74 Å². The molecular weight excluding hydrogens is 453 g/mol. The first-order valence-corrected chi connectivity index (χ1v) is 10.8. The van der Waals surface area contributed by atoms with Crippen molar-refractivity contribution < 1.29 is 19.0 Å². The second-order valence-corrected chi connectivity index (χ2v) is 8.00. The largest absolute Gasteiger partial charge is 0.480 e. The average Bonchev–Trinajstić information content (AvgIpc) is 3.23. The Morgan fingerprint density at radius 2 is 1.83 bits per heavy atom. The summed E-state index contributed by atoms with van der Waals surface area (Å²) in [7, 11) is 1.53. The van der Waals surface area contributed by atoms with Crippen LogP contribution in [-0.2, 0) is 22.6 Å². The Hall–Kier alpha value is -4.44. The molecular formula is C25H20FN5O4. The van der Waals surface area contributed by atoms with Crippen molar-refractivity contribution in [2.24, 2.45) is 0 Å². The summed E-state index contributed by atoms with van der Waals surface area (Å²) >= 11 is 0. The molecule has 1 N–H and O–H groups in total. The zero-order valence-electron chi connectivity index (χ0n) is 18.6. The lowest BCUT2D eigenvalue weighted by atomic mass is 10.1. The first kappa shape index (κ1) is 22.4. The normalized spacial score (nSPS) is 12.3. The van der Waals surface area contributed by atoms with Gasteiger partial charge in [-0.1, -0.05) is 42.5 Å². The molecule has 0 aliphatic heterocycles. The van der Waals surface area contributed by atoms with Crippen molar-refractivity contribution in [3.8, 4) is 11.1 Å². The molecule has 3 heterocycles. The molecule has 3 aromatic heterocycles. The van der Waals surface area contributed by atoms with Gasteiger partial charge in [-0.2, -0.15) is 5.10 Å². The number of benzene rings is 2. The lowest BCUT2D eigenvalue weighted by molar-refractivity contribution is -0.141. The van der Waals surface area contributed by atoms with Gasteiger partial charge in [0.2, 0.25) is 0 Å². The molecule has 5 aromatic rings. The molecule has 0 bridgehead atoms. The monoisotopic (exact) mass is 473 g/mol. The van der Waals surface area contributed by atoms with Gasteiger partial charge in [-0.25, -0.2) is 13.7 Å². The summed E-state index contributed by atoms with van der Waals surface area (Å²) in [6, 6.07) is 15.4. The van der Waals surface area contributed by atoms with Crippen LogP contribution in [0.5, 0.6) is 0 Å². The average molecular weight is 473 g/mol. The zero-order chi connectivity index (χ0) is 24.5. The van der Waals surface area contributed by atoms with Gasteiger partial charge in [0, 0.05) is 19.7 Å². The van der Waals surface area contributed by atoms with Gasteiger partial charge in [-0.05, 0) is 29.3 Å². The molecule has 35 heavy (non-hydrogen) atoms. The minimum atomic E-state index is -1.13. The van der Waals surface area contributed by atoms with Crippen LogP contribution in [0.2, 0.25) is 0 Å². The molecule has 0 saturated heterocycles. The summed E-state index contributed by atoms with van der Waals surface area (Å²) in [4.78, 5) is 25.4. The van der Waals surface area contributed by atoms with Crippen LogP contribution in [0.15, 0.2) is 71.7 Å². The number of ether oxygens (including phenoxy) is 1. The Balaban J connectivity index is 1.67. The summed E-state index contributed by atoms with van der Waals surface area (Å²) in [6.45, 7) is 0.160. The predicted octanol–water partition coefficient (Wildman–Crippen LogP) is 3.26. The van der Waals surface area contributed by atoms with Gasteiger partial charge >= 0.3 is 5.97 Å². The van der Waals surface area contributed by atoms with Crippen LogP contribution in [0, 0.1) is 5.82 Å². The highest BCUT2D eigenvalue weighted by Crippen LogP contribution is 2.29. The number of carboxylic acid groups (broad SMARTS) is 1. The van der Waals surface area contributed by atoms with E-state index in [1.54, 1.807) is 18.2 Å². The topological polar surface area (TPSA) is 112 Å². The van der Waals surface area contributed by atoms with Gasteiger partial charge in [0.15, 0.2) is 11.2 Å². The van der Waals surface area contributed by atoms with Crippen LogP contribution in [0.1, 0.15) is 17.3 Å². The first-order valence-electron chi connectivity index (χ1n) is 10.8. The third-order valence-corrected chi connectivity index (χ3v) is 5.79. The van der Waals surface area contributed by atoms with Crippen LogP contribution in [0.3, 0.4) is 0 Å². The zero-order valence-corrected chi connectivity index (χ0v) is 18.6. The van der Waals surface area contributed by atoms with E-state index in [-0.39, 0.29) is 24.4 Å². The van der Waals surface area contributed by atoms with Crippen molar-refractivity contribution >= 4 is 22.6 Å². The van der Waals surface area contributed by atoms with Crippen LogP contribution < -0.4 is 5.56 Å². The third kappa shape index (κ3) is 4.04. The molecule has 2 aromatic carbocycles. The Kier molecular flexibility index (Phi) is 5.79. The van der Waals surface area contributed by atoms with Crippen LogP contribution >= 0.6 is 0 Å². The number of hydrogen-bond acceptors (Lipinski definition) is 6. The van der Waals surface area contributed by atoms with E-state index in [1.807, 2.05) is 30.3 Å². The summed E-state index contributed by atoms with van der Waals surface area (Å²) in [5, 5.41) is 22.8. The lowest BCUT2D eigenvalue weighted by Gasteiger charge is -2.16. The quantitative estimate of drug-likeness (QED) is 0.386. The summed E-state index contributed by atoms with van der Waals surface area (Å²) in [5.41, 5.74) is 2.73. The Labute approximate surface area is 198 Å². The Morgan fingerprint density at radius 1 is 1.09 bits per heavy atom. The number of rotatable bonds is 7. The van der Waals surface area contributed by atoms with E-state index in [9.17, 15) is 19.1 Å². The molecule has 10 heteroatoms. The molecule has 1 unspecified atom stereocenters. The van der Waals surface area contributed by atoms with Gasteiger partial charge in [0.25, 0.3) is 5.56 Å². The highest BCUT2D eigenvalue weighted by molar-refractivity contribution is 5.84. The molecule has 1 atom stereocenters. The highest BCUT2D eigenvalue weighted by atomic mass is 19.1. The van der Waals surface area contributed by atoms with Gasteiger partial charge in [0.05, 0.1) is 17.9 Å². The molecule has 9 nitrogen and oxygen atoms in total. The van der Waals surface area contributed by atoms with Crippen LogP contribution in [-0.4, -0.2) is 42.6 Å². The molecule has 5 rings (SSSR count). The Bertz CT molecular complexity index is 1600. The number of nitrogens with zero attached hydrogens (tertiary/aromatic N) is 5. The molecule has 0 saturated carbocycles. The van der Waals surface area contributed by atoms with E-state index >= 15 is 0 Å². The number of aromatic nitrogens is 5. The number of pyridine rings is 1. The van der Waals surface area contributed by atoms with Gasteiger partial charge < -0.3 is 9.84 Å². The second kappa shape index (κ2) is 9.07. The van der Waals surface area contributed by atoms with E-state index in [2.05, 4.69) is 15.3 Å². The number of carbonyl (C=O) groups is 1. The summed E-state index contributed by atoms with van der Waals surface area (Å²) < 4.78 is 21.4. The van der Waals surface area contributed by atoms with Crippen LogP contribution in [0.4, 0.5) is 4.39 Å². The molecule has 0 radical (unpaired) electrons. The third-order valence-electron chi connectivity index (χ3n) is 5.79. The minimum Gasteiger partial charge on any atom is -0.480 e. The minimum absolute atomic E-state index is 0.0172. The predicted molar refractivity (Wildman–Crippen MR) is 125 cm³/mol. The molecule has 0 fully saturated rings. The number of carboxylic acids is 1. The van der Waals surface area contributed by atoms with E-state index < -0.39 is 17.6 Å². The SMILES string of the molecule is COCc1nn2c(nnc3c(=O)n(C(Cc4ccccc4)C(=O)O)ccc32)c1-c1ccc(F)cc1. The van der Waals surface area contributed by atoms with Crippen LogP contribution in [0.25, 0.3) is 27.8 Å². The number of fused-ring (bicyclic) bond motifs is 3. The van der Waals surface area contributed by atoms with Crippen molar-refractivity contribution in [3.05, 3.63) is 94.3 Å². The van der Waals surface area contributed by atoms with E-state index in [1.165, 1.54) is 30.0 Å². The van der Waals surface area contributed by atoms with Crippen molar-refractivity contribution in [2.75, 3.05) is 7.11 Å². The maximum atomic E-state index is 13.5. The first-order chi connectivity index (χ1) is 17.0. The van der Waals surface area contributed by atoms with Gasteiger partial charge in [-0.3, -0.25) is 9.36 Å². The molecule has 0 aliphatic rings. The van der Waals surface area contributed by atoms with Gasteiger partial charge in [-0.15, -0.1) is 10.2 Å². The number of methoxy groups -OCH3 is 1. The molecule has 0 spiro atoms. The number of hydrogen-bond donors (Lipinski definition) is 1. The lowest BCUT2D eigenvalue weighted by Crippen LogP contribution is -2.31. The molecule has 0 amide bonds. The number of aliphatic carboxylic acids is 1. The fraction of sp³-hybridized carbons (Fsp3) is 0.160. The maximum Gasteiger partial charge on any atom is 0.327 e. The standard InChI is InChI=1S/C25H20FN5O4/c1-35-14-18-21(16-7-9-17(26)10-8-16)23-28-27-22-19(31(23)29-18)11-12-30(24(22)32)20(25(33)34)13-15-5-3-2-4-6-15/h2-12,20H,13-14H2,1H3,(H,33,34). The number of halogens is 1. The second-order valence-electron chi connectivity index (χ2n) is 8.00. The fourth-order valence-corrected chi connectivity index (χ4v) is 4.14. The Morgan fingerprint density at radius 3 is 2.51 bits per heavy atom. The van der Waals surface area contributed by atoms with Gasteiger partial charge in [0.1, 0.15) is 17.4 Å². The molecule has 176 valence electrons. The molecule has 0 aliphatic carbocycles. The summed E-state index contributed by atoms with van der Waals surface area (Å²) in [5.74, 6) is -1.51. The van der Waals surface area contributed by atoms with Crippen molar-refractivity contribution in [1.82, 2.24) is 24.4 Å². The fourth-order valence-electron chi connectivity index (χ4n) is 4.14. The highest BCUT2D eigenvalue weighted by Gasteiger charge is 2.24. The van der Waals surface area contributed by atoms with E-state index in [0.717, 1.165) is 10.1 Å². The van der Waals surface area contributed by atoms with E-state index in [0.29, 0.717) is 28.0 Å². The van der Waals surface area contributed by atoms with Crippen molar-refractivity contribution in [1.29, 1.82) is 0 Å². The smallest absolute Gasteiger partial charge is 0.327 e. The van der Waals surface area contributed by atoms with Crippen molar-refractivity contribution in [2.45, 2.75) is 19.1 Å².